The first-order chi connectivity index (χ1) is 12.2. The molecular formula is C16H16F12. The fourth-order valence-corrected chi connectivity index (χ4v) is 3.31. The zero-order chi connectivity index (χ0) is 22.8. The Hall–Kier alpha value is -1.36. The summed E-state index contributed by atoms with van der Waals surface area (Å²) in [5.41, 5.74) is -21.8. The van der Waals surface area contributed by atoms with E-state index in [1.165, 1.54) is 0 Å². The van der Waals surface area contributed by atoms with Gasteiger partial charge in [0.1, 0.15) is 24.2 Å². The van der Waals surface area contributed by atoms with Gasteiger partial charge >= 0.3 is 17.8 Å². The molecule has 0 amide bonds. The van der Waals surface area contributed by atoms with Crippen molar-refractivity contribution in [1.29, 1.82) is 0 Å². The van der Waals surface area contributed by atoms with E-state index in [2.05, 4.69) is 13.2 Å². The van der Waals surface area contributed by atoms with Gasteiger partial charge in [-0.1, -0.05) is 13.2 Å². The Morgan fingerprint density at radius 3 is 0.964 bits per heavy atom. The largest absolute Gasteiger partial charge is 0.333 e. The molecule has 4 unspecified atom stereocenters. The average molecular weight is 436 g/mol. The second-order valence-corrected chi connectivity index (χ2v) is 7.06. The molecule has 1 aliphatic rings. The summed E-state index contributed by atoms with van der Waals surface area (Å²) in [6.07, 6.45) is -2.11. The topological polar surface area (TPSA) is 0 Å². The maximum atomic E-state index is 14.9. The van der Waals surface area contributed by atoms with E-state index in [1.54, 1.807) is 0 Å². The van der Waals surface area contributed by atoms with Crippen LogP contribution >= 0.6 is 0 Å². The zero-order valence-electron chi connectivity index (χ0n) is 14.5. The quantitative estimate of drug-likeness (QED) is 0.360. The molecule has 1 fully saturated rings. The number of rotatable bonds is 4. The lowest BCUT2D eigenvalue weighted by atomic mass is 9.54. The minimum atomic E-state index is -6.53. The summed E-state index contributed by atoms with van der Waals surface area (Å²) in [4.78, 5) is 0. The molecule has 28 heavy (non-hydrogen) atoms. The van der Waals surface area contributed by atoms with Crippen molar-refractivity contribution < 1.29 is 52.7 Å². The Balaban J connectivity index is 4.38. The number of halogens is 12. The van der Waals surface area contributed by atoms with Gasteiger partial charge in [-0.2, -0.15) is 8.78 Å². The number of allylic oxidation sites excluding steroid dienone is 2. The molecule has 0 aliphatic heterocycles. The second-order valence-electron chi connectivity index (χ2n) is 7.06. The third kappa shape index (κ3) is 2.02. The summed E-state index contributed by atoms with van der Waals surface area (Å²) in [5, 5.41) is 0. The van der Waals surface area contributed by atoms with Crippen LogP contribution in [0.1, 0.15) is 13.8 Å². The molecule has 0 saturated heterocycles. The number of alkyl halides is 12. The fourth-order valence-electron chi connectivity index (χ4n) is 3.31. The fraction of sp³-hybridized carbons (Fsp3) is 0.750. The molecule has 0 N–H and O–H groups in total. The molecule has 0 aromatic carbocycles. The molecule has 164 valence electrons. The smallest absolute Gasteiger partial charge is 0.250 e. The van der Waals surface area contributed by atoms with Gasteiger partial charge in [-0.15, -0.1) is 0 Å². The van der Waals surface area contributed by atoms with Gasteiger partial charge in [-0.25, -0.2) is 35.1 Å². The minimum absolute atomic E-state index is 0.510. The summed E-state index contributed by atoms with van der Waals surface area (Å²) in [6, 6.07) is 0. The van der Waals surface area contributed by atoms with Gasteiger partial charge in [-0.05, 0) is 26.0 Å². The molecule has 0 aromatic heterocycles. The highest BCUT2D eigenvalue weighted by Crippen LogP contribution is 2.72. The van der Waals surface area contributed by atoms with E-state index in [-0.39, 0.29) is 0 Å². The van der Waals surface area contributed by atoms with Gasteiger partial charge in [-0.3, -0.25) is 8.78 Å². The van der Waals surface area contributed by atoms with Crippen LogP contribution in [0.3, 0.4) is 0 Å². The first-order valence-electron chi connectivity index (χ1n) is 7.53. The highest BCUT2D eigenvalue weighted by atomic mass is 19.3. The van der Waals surface area contributed by atoms with Crippen molar-refractivity contribution >= 4 is 0 Å². The first-order valence-corrected chi connectivity index (χ1v) is 7.53. The summed E-state index contributed by atoms with van der Waals surface area (Å²) in [6.45, 7) is -2.60. The normalized spacial score (nSPS) is 44.2. The van der Waals surface area contributed by atoms with E-state index in [4.69, 9.17) is 0 Å². The molecule has 4 atom stereocenters. The molecule has 1 aliphatic carbocycles. The number of hydrogen-bond donors (Lipinski definition) is 0. The molecule has 0 spiro atoms. The monoisotopic (exact) mass is 436 g/mol. The lowest BCUT2D eigenvalue weighted by molar-refractivity contribution is -0.418. The van der Waals surface area contributed by atoms with Crippen molar-refractivity contribution in [1.82, 2.24) is 0 Å². The van der Waals surface area contributed by atoms with Gasteiger partial charge in [0, 0.05) is 0 Å². The van der Waals surface area contributed by atoms with E-state index >= 15 is 0 Å². The Bertz CT molecular complexity index is 606. The predicted molar refractivity (Wildman–Crippen MR) is 76.0 cm³/mol. The van der Waals surface area contributed by atoms with Crippen molar-refractivity contribution in [2.75, 3.05) is 13.3 Å². The maximum absolute atomic E-state index is 14.9. The molecule has 0 heterocycles. The van der Waals surface area contributed by atoms with Gasteiger partial charge in [0.05, 0.1) is 0 Å². The highest BCUT2D eigenvalue weighted by molar-refractivity contribution is 5.35. The van der Waals surface area contributed by atoms with Crippen LogP contribution < -0.4 is 0 Å². The third-order valence-corrected chi connectivity index (χ3v) is 5.70. The van der Waals surface area contributed by atoms with Crippen molar-refractivity contribution in [2.45, 2.75) is 48.9 Å². The zero-order valence-corrected chi connectivity index (χ0v) is 14.5. The molecule has 12 heteroatoms. The third-order valence-electron chi connectivity index (χ3n) is 5.70. The maximum Gasteiger partial charge on any atom is 0.333 e. The van der Waals surface area contributed by atoms with E-state index in [9.17, 15) is 52.7 Å². The van der Waals surface area contributed by atoms with Gasteiger partial charge in [0.15, 0.2) is 0 Å². The molecule has 0 radical (unpaired) electrons. The van der Waals surface area contributed by atoms with E-state index in [1.807, 2.05) is 0 Å². The summed E-state index contributed by atoms with van der Waals surface area (Å²) in [7, 11) is 0. The molecule has 1 saturated carbocycles. The molecule has 0 aromatic rings. The van der Waals surface area contributed by atoms with Crippen LogP contribution in [0.4, 0.5) is 52.7 Å². The van der Waals surface area contributed by atoms with Gasteiger partial charge in [0.25, 0.3) is 17.3 Å². The Morgan fingerprint density at radius 2 is 0.786 bits per heavy atom. The van der Waals surface area contributed by atoms with Crippen LogP contribution in [0, 0.1) is 10.8 Å². The van der Waals surface area contributed by atoms with Crippen LogP contribution in [0.25, 0.3) is 0 Å². The van der Waals surface area contributed by atoms with E-state index < -0.39 is 85.2 Å². The summed E-state index contributed by atoms with van der Waals surface area (Å²) in [5.74, 6) is -25.0. The van der Waals surface area contributed by atoms with Crippen molar-refractivity contribution in [3.63, 3.8) is 0 Å². The van der Waals surface area contributed by atoms with Crippen LogP contribution in [0.15, 0.2) is 25.3 Å². The standard InChI is InChI=1S/C16H16F12/c1-5-11(19)14(23,24)9(3,7-17)13(21,22)10(4,8-18)15(25,26)12(20,6-2)16(11,27)28/h5-6H,1-2,7-8H2,3-4H3. The Labute approximate surface area is 152 Å². The number of hydrogen-bond acceptors (Lipinski definition) is 0. The van der Waals surface area contributed by atoms with Gasteiger partial charge < -0.3 is 0 Å². The molecular weight excluding hydrogens is 420 g/mol. The predicted octanol–water partition coefficient (Wildman–Crippen LogP) is 6.28. The van der Waals surface area contributed by atoms with Crippen LogP contribution in [-0.4, -0.2) is 48.4 Å². The SMILES string of the molecule is C=CC1(F)C(F)(F)C(F)(C=C)C(F)(F)C(C)(CF)C(F)(F)C(C)(CF)C1(F)F. The molecule has 1 rings (SSSR count). The average Bonchev–Trinajstić information content (AvgIpc) is 2.62. The Morgan fingerprint density at radius 1 is 0.536 bits per heavy atom. The summed E-state index contributed by atoms with van der Waals surface area (Å²) < 4.78 is 174. The summed E-state index contributed by atoms with van der Waals surface area (Å²) >= 11 is 0. The second kappa shape index (κ2) is 6.07. The highest BCUT2D eigenvalue weighted by Gasteiger charge is 2.94. The minimum Gasteiger partial charge on any atom is -0.250 e. The van der Waals surface area contributed by atoms with Gasteiger partial charge in [0.2, 0.25) is 0 Å². The van der Waals surface area contributed by atoms with Crippen molar-refractivity contribution in [2.24, 2.45) is 10.8 Å². The van der Waals surface area contributed by atoms with Crippen LogP contribution in [0.5, 0.6) is 0 Å². The Kier molecular flexibility index (Phi) is 5.35. The van der Waals surface area contributed by atoms with Crippen LogP contribution in [0.2, 0.25) is 0 Å². The van der Waals surface area contributed by atoms with E-state index in [0.29, 0.717) is 0 Å². The van der Waals surface area contributed by atoms with E-state index in [0.717, 1.165) is 0 Å². The first kappa shape index (κ1) is 24.7. The lowest BCUT2D eigenvalue weighted by Gasteiger charge is -2.59. The van der Waals surface area contributed by atoms with Crippen LogP contribution in [-0.2, 0) is 0 Å². The lowest BCUT2D eigenvalue weighted by Crippen LogP contribution is -2.82. The van der Waals surface area contributed by atoms with Crippen molar-refractivity contribution in [3.05, 3.63) is 25.3 Å². The molecule has 0 nitrogen and oxygen atoms in total. The molecule has 0 bridgehead atoms. The van der Waals surface area contributed by atoms with Crippen molar-refractivity contribution in [3.8, 4) is 0 Å².